The molecule has 0 saturated carbocycles. The maximum Gasteiger partial charge on any atom is 0.170 e. The summed E-state index contributed by atoms with van der Waals surface area (Å²) in [6.07, 6.45) is 10.9. The zero-order valence-electron chi connectivity index (χ0n) is 16.8. The fourth-order valence-corrected chi connectivity index (χ4v) is 1.96. The van der Waals surface area contributed by atoms with Crippen LogP contribution < -0.4 is 0 Å². The minimum atomic E-state index is -1.35. The lowest BCUT2D eigenvalue weighted by molar-refractivity contribution is 0.442. The van der Waals surface area contributed by atoms with Gasteiger partial charge in [0.1, 0.15) is 0 Å². The molecule has 26 heavy (non-hydrogen) atoms. The Kier molecular flexibility index (Phi) is 14.3. The van der Waals surface area contributed by atoms with Crippen LogP contribution in [0.5, 0.6) is 0 Å². The highest BCUT2D eigenvalue weighted by molar-refractivity contribution is 5.74. The van der Waals surface area contributed by atoms with E-state index in [2.05, 4.69) is 26.2 Å². The molecule has 0 nitrogen and oxygen atoms in total. The average Bonchev–Trinajstić information content (AvgIpc) is 2.62. The lowest BCUT2D eigenvalue weighted by Gasteiger charge is -2.10. The Bertz CT molecular complexity index is 618. The van der Waals surface area contributed by atoms with Crippen molar-refractivity contribution in [2.45, 2.75) is 61.3 Å². The van der Waals surface area contributed by atoms with E-state index in [0.717, 1.165) is 19.8 Å². The van der Waals surface area contributed by atoms with Gasteiger partial charge in [0, 0.05) is 5.56 Å². The first kappa shape index (κ1) is 26.2. The quantitative estimate of drug-likeness (QED) is 0.216. The topological polar surface area (TPSA) is 0 Å². The molecule has 0 fully saturated rings. The molecule has 1 rings (SSSR count). The van der Waals surface area contributed by atoms with Gasteiger partial charge in [0.05, 0.1) is 5.56 Å². The van der Waals surface area contributed by atoms with Gasteiger partial charge in [-0.05, 0) is 45.1 Å². The predicted octanol–water partition coefficient (Wildman–Crippen LogP) is 7.61. The summed E-state index contributed by atoms with van der Waals surface area (Å²) in [6.45, 7) is 12.4. The Morgan fingerprint density at radius 2 is 1.46 bits per heavy atom. The van der Waals surface area contributed by atoms with E-state index in [4.69, 9.17) is 0 Å². The molecule has 0 saturated heterocycles. The van der Waals surface area contributed by atoms with Gasteiger partial charge >= 0.3 is 0 Å². The summed E-state index contributed by atoms with van der Waals surface area (Å²) in [4.78, 5) is 0. The molecule has 0 spiro atoms. The Labute approximate surface area is 156 Å². The monoisotopic (exact) mass is 370 g/mol. The first-order valence-corrected chi connectivity index (χ1v) is 8.75. The average molecular weight is 370 g/mol. The third-order valence-electron chi connectivity index (χ3n) is 3.29. The second-order valence-electron chi connectivity index (χ2n) is 5.66. The smallest absolute Gasteiger partial charge is 0.170 e. The SMILES string of the molecule is C#CC.C/C=C(\C=C/CCC(C)C)c1c(F)c(F)c(C)c(F)c1F.CC. The van der Waals surface area contributed by atoms with E-state index in [1.54, 1.807) is 19.9 Å². The summed E-state index contributed by atoms with van der Waals surface area (Å²) in [6, 6.07) is 0. The lowest BCUT2D eigenvalue weighted by atomic mass is 10.00. The fraction of sp³-hybridized carbons (Fsp3) is 0.455. The van der Waals surface area contributed by atoms with Crippen LogP contribution >= 0.6 is 0 Å². The number of allylic oxidation sites excluding steroid dienone is 4. The highest BCUT2D eigenvalue weighted by atomic mass is 19.2. The van der Waals surface area contributed by atoms with Crippen LogP contribution in [0.4, 0.5) is 17.6 Å². The van der Waals surface area contributed by atoms with E-state index in [1.165, 1.54) is 12.2 Å². The van der Waals surface area contributed by atoms with Crippen LogP contribution in [0.3, 0.4) is 0 Å². The van der Waals surface area contributed by atoms with Crippen molar-refractivity contribution in [3.05, 3.63) is 52.6 Å². The van der Waals surface area contributed by atoms with Gasteiger partial charge in [-0.25, -0.2) is 17.6 Å². The van der Waals surface area contributed by atoms with Crippen LogP contribution in [-0.2, 0) is 0 Å². The van der Waals surface area contributed by atoms with Gasteiger partial charge in [0.2, 0.25) is 0 Å². The molecule has 4 heteroatoms. The van der Waals surface area contributed by atoms with E-state index in [9.17, 15) is 17.6 Å². The lowest BCUT2D eigenvalue weighted by Crippen LogP contribution is -2.05. The number of benzene rings is 1. The highest BCUT2D eigenvalue weighted by Gasteiger charge is 2.24. The molecule has 0 aliphatic rings. The molecule has 0 heterocycles. The Morgan fingerprint density at radius 3 is 1.81 bits per heavy atom. The maximum atomic E-state index is 13.9. The van der Waals surface area contributed by atoms with Crippen LogP contribution in [0.1, 0.15) is 65.5 Å². The summed E-state index contributed by atoms with van der Waals surface area (Å²) in [5.74, 6) is -2.65. The van der Waals surface area contributed by atoms with Crippen LogP contribution in [0.15, 0.2) is 18.2 Å². The number of halogens is 4. The second kappa shape index (κ2) is 14.2. The first-order valence-electron chi connectivity index (χ1n) is 8.75. The van der Waals surface area contributed by atoms with Crippen molar-refractivity contribution in [3.8, 4) is 12.3 Å². The Hall–Kier alpha value is -2.02. The molecule has 1 aromatic carbocycles. The summed E-state index contributed by atoms with van der Waals surface area (Å²) >= 11 is 0. The van der Waals surface area contributed by atoms with E-state index in [0.29, 0.717) is 5.92 Å². The van der Waals surface area contributed by atoms with E-state index >= 15 is 0 Å². The van der Waals surface area contributed by atoms with Crippen LogP contribution in [0, 0.1) is 48.5 Å². The molecule has 1 aromatic rings. The minimum Gasteiger partial charge on any atom is -0.203 e. The zero-order valence-corrected chi connectivity index (χ0v) is 16.8. The summed E-state index contributed by atoms with van der Waals surface area (Å²) in [7, 11) is 0. The predicted molar refractivity (Wildman–Crippen MR) is 104 cm³/mol. The molecule has 0 unspecified atom stereocenters. The van der Waals surface area contributed by atoms with Crippen LogP contribution in [0.2, 0.25) is 0 Å². The molecule has 0 aliphatic carbocycles. The van der Waals surface area contributed by atoms with Crippen molar-refractivity contribution >= 4 is 5.57 Å². The summed E-state index contributed by atoms with van der Waals surface area (Å²) < 4.78 is 55.0. The largest absolute Gasteiger partial charge is 0.203 e. The molecule has 0 amide bonds. The third kappa shape index (κ3) is 7.91. The van der Waals surface area contributed by atoms with Crippen molar-refractivity contribution < 1.29 is 17.6 Å². The van der Waals surface area contributed by atoms with Gasteiger partial charge in [-0.15, -0.1) is 12.3 Å². The standard InChI is InChI=1S/C17H20F4.C3H4.C2H6/c1-5-12(9-7-6-8-10(2)3)13-16(20)14(18)11(4)15(19)17(13)21;1-3-2;1-2/h5,7,9-10H,6,8H2,1-4H3;1H,2H3;1-2H3/b9-7-,12-5+;;. The normalized spacial score (nSPS) is 10.8. The van der Waals surface area contributed by atoms with Crippen molar-refractivity contribution in [3.63, 3.8) is 0 Å². The molecular formula is C22H30F4. The maximum absolute atomic E-state index is 13.9. The van der Waals surface area contributed by atoms with Crippen molar-refractivity contribution in [2.75, 3.05) is 0 Å². The summed E-state index contributed by atoms with van der Waals surface area (Å²) in [5, 5.41) is 0. The number of rotatable bonds is 5. The molecule has 0 aromatic heterocycles. The second-order valence-corrected chi connectivity index (χ2v) is 5.66. The molecule has 146 valence electrons. The van der Waals surface area contributed by atoms with E-state index < -0.39 is 34.4 Å². The molecule has 0 atom stereocenters. The first-order chi connectivity index (χ1) is 12.2. The summed E-state index contributed by atoms with van der Waals surface area (Å²) in [5.41, 5.74) is -1.17. The molecule has 0 radical (unpaired) electrons. The molecule has 0 N–H and O–H groups in total. The van der Waals surface area contributed by atoms with Crippen molar-refractivity contribution in [2.24, 2.45) is 5.92 Å². The third-order valence-corrected chi connectivity index (χ3v) is 3.29. The van der Waals surface area contributed by atoms with Gasteiger partial charge in [0.15, 0.2) is 23.3 Å². The number of hydrogen-bond acceptors (Lipinski definition) is 0. The van der Waals surface area contributed by atoms with Gasteiger partial charge in [-0.1, -0.05) is 45.9 Å². The number of hydrogen-bond donors (Lipinski definition) is 0. The molecule has 0 aliphatic heterocycles. The van der Waals surface area contributed by atoms with Crippen molar-refractivity contribution in [1.29, 1.82) is 0 Å². The van der Waals surface area contributed by atoms with Gasteiger partial charge in [-0.2, -0.15) is 0 Å². The molecular weight excluding hydrogens is 340 g/mol. The van der Waals surface area contributed by atoms with E-state index in [-0.39, 0.29) is 5.57 Å². The highest BCUT2D eigenvalue weighted by Crippen LogP contribution is 2.29. The van der Waals surface area contributed by atoms with Crippen molar-refractivity contribution in [1.82, 2.24) is 0 Å². The molecule has 0 bridgehead atoms. The van der Waals surface area contributed by atoms with Gasteiger partial charge in [-0.3, -0.25) is 0 Å². The Morgan fingerprint density at radius 1 is 1.04 bits per heavy atom. The van der Waals surface area contributed by atoms with Crippen LogP contribution in [0.25, 0.3) is 5.57 Å². The minimum absolute atomic E-state index is 0.131. The van der Waals surface area contributed by atoms with Crippen LogP contribution in [-0.4, -0.2) is 0 Å². The number of terminal acetylenes is 1. The van der Waals surface area contributed by atoms with E-state index in [1.807, 2.05) is 13.8 Å². The van der Waals surface area contributed by atoms with Gasteiger partial charge < -0.3 is 0 Å². The fourth-order valence-electron chi connectivity index (χ4n) is 1.96. The Balaban J connectivity index is 0. The van der Waals surface area contributed by atoms with Gasteiger partial charge in [0.25, 0.3) is 0 Å². The zero-order chi connectivity index (χ0) is 20.9.